The molecule has 1 aromatic carbocycles. The number of aromatic nitrogens is 2. The van der Waals surface area contributed by atoms with Crippen molar-refractivity contribution in [2.45, 2.75) is 20.4 Å². The van der Waals surface area contributed by atoms with E-state index in [0.29, 0.717) is 17.3 Å². The van der Waals surface area contributed by atoms with Crippen LogP contribution in [0.5, 0.6) is 0 Å². The Morgan fingerprint density at radius 1 is 1.45 bits per heavy atom. The van der Waals surface area contributed by atoms with Crippen LogP contribution in [0.2, 0.25) is 5.15 Å². The molecule has 6 nitrogen and oxygen atoms in total. The maximum atomic E-state index is 11.1. The van der Waals surface area contributed by atoms with Gasteiger partial charge >= 0.3 is 6.09 Å². The second-order valence-electron chi connectivity index (χ2n) is 4.52. The number of benzene rings is 1. The molecule has 0 aliphatic rings. The fraction of sp³-hybridized carbons (Fsp3) is 0.267. The van der Waals surface area contributed by atoms with Gasteiger partial charge in [0.05, 0.1) is 30.6 Å². The Labute approximate surface area is 133 Å². The molecule has 0 spiro atoms. The van der Waals surface area contributed by atoms with E-state index < -0.39 is 6.09 Å². The van der Waals surface area contributed by atoms with E-state index in [4.69, 9.17) is 16.3 Å². The van der Waals surface area contributed by atoms with Gasteiger partial charge < -0.3 is 4.74 Å². The molecular formula is C15H17ClN4O2. The van der Waals surface area contributed by atoms with Crippen LogP contribution in [-0.4, -0.2) is 28.7 Å². The Kier molecular flexibility index (Phi) is 5.55. The molecular weight excluding hydrogens is 304 g/mol. The van der Waals surface area contributed by atoms with Gasteiger partial charge in [0.15, 0.2) is 0 Å². The number of amides is 1. The van der Waals surface area contributed by atoms with Gasteiger partial charge in [-0.25, -0.2) is 14.9 Å². The van der Waals surface area contributed by atoms with E-state index in [2.05, 4.69) is 15.6 Å². The molecule has 7 heteroatoms. The van der Waals surface area contributed by atoms with Crippen LogP contribution < -0.4 is 5.43 Å². The fourth-order valence-corrected chi connectivity index (χ4v) is 2.17. The Bertz CT molecular complexity index is 668. The first-order valence-corrected chi connectivity index (χ1v) is 7.22. The minimum Gasteiger partial charge on any atom is -0.449 e. The summed E-state index contributed by atoms with van der Waals surface area (Å²) in [5.74, 6) is 0. The van der Waals surface area contributed by atoms with Crippen molar-refractivity contribution in [3.05, 3.63) is 52.3 Å². The van der Waals surface area contributed by atoms with E-state index in [-0.39, 0.29) is 6.61 Å². The zero-order valence-corrected chi connectivity index (χ0v) is 13.2. The van der Waals surface area contributed by atoms with Gasteiger partial charge in [-0.3, -0.25) is 0 Å². The van der Waals surface area contributed by atoms with Crippen molar-refractivity contribution < 1.29 is 9.53 Å². The number of ether oxygens (including phenoxy) is 1. The molecule has 0 unspecified atom stereocenters. The quantitative estimate of drug-likeness (QED) is 0.680. The van der Waals surface area contributed by atoms with Gasteiger partial charge in [-0.15, -0.1) is 0 Å². The van der Waals surface area contributed by atoms with E-state index >= 15 is 0 Å². The zero-order chi connectivity index (χ0) is 15.9. The lowest BCUT2D eigenvalue weighted by Gasteiger charge is -2.03. The molecule has 1 N–H and O–H groups in total. The third-order valence-corrected chi connectivity index (χ3v) is 3.31. The summed E-state index contributed by atoms with van der Waals surface area (Å²) in [6, 6.07) is 9.89. The average Bonchev–Trinajstić information content (AvgIpc) is 2.76. The van der Waals surface area contributed by atoms with Gasteiger partial charge in [-0.05, 0) is 19.4 Å². The minimum atomic E-state index is -0.607. The first-order chi connectivity index (χ1) is 10.6. The standard InChI is InChI=1S/C15H17ClN4O2/c1-3-22-15(21)18-17-9-13-11(2)19-20(14(13)16)10-12-7-5-4-6-8-12/h4-9H,3,10H2,1-2H3,(H,18,21)/b17-9+. The molecule has 1 aromatic heterocycles. The Morgan fingerprint density at radius 3 is 2.86 bits per heavy atom. The number of aryl methyl sites for hydroxylation is 1. The molecule has 0 saturated carbocycles. The highest BCUT2D eigenvalue weighted by atomic mass is 35.5. The molecule has 1 amide bonds. The van der Waals surface area contributed by atoms with E-state index in [1.54, 1.807) is 11.6 Å². The third-order valence-electron chi connectivity index (χ3n) is 2.91. The number of halogens is 1. The molecule has 0 aliphatic carbocycles. The van der Waals surface area contributed by atoms with Crippen molar-refractivity contribution in [2.75, 3.05) is 6.61 Å². The lowest BCUT2D eigenvalue weighted by molar-refractivity contribution is 0.152. The predicted molar refractivity (Wildman–Crippen MR) is 85.3 cm³/mol. The number of hydrazone groups is 1. The molecule has 116 valence electrons. The number of nitrogens with zero attached hydrogens (tertiary/aromatic N) is 3. The molecule has 0 saturated heterocycles. The van der Waals surface area contributed by atoms with Crippen LogP contribution in [0.1, 0.15) is 23.7 Å². The van der Waals surface area contributed by atoms with Crippen molar-refractivity contribution in [3.8, 4) is 0 Å². The SMILES string of the molecule is CCOC(=O)N/N=C/c1c(C)nn(Cc2ccccc2)c1Cl. The number of nitrogens with one attached hydrogen (secondary N) is 1. The molecule has 22 heavy (non-hydrogen) atoms. The monoisotopic (exact) mass is 320 g/mol. The summed E-state index contributed by atoms with van der Waals surface area (Å²) in [5.41, 5.74) is 4.75. The molecule has 0 atom stereocenters. The second kappa shape index (κ2) is 7.61. The summed E-state index contributed by atoms with van der Waals surface area (Å²) in [6.07, 6.45) is 0.854. The Hall–Kier alpha value is -2.34. The minimum absolute atomic E-state index is 0.288. The van der Waals surface area contributed by atoms with Crippen LogP contribution >= 0.6 is 11.6 Å². The highest BCUT2D eigenvalue weighted by molar-refractivity contribution is 6.32. The van der Waals surface area contributed by atoms with Gasteiger partial charge in [-0.2, -0.15) is 10.2 Å². The average molecular weight is 321 g/mol. The lowest BCUT2D eigenvalue weighted by Crippen LogP contribution is -2.18. The molecule has 0 bridgehead atoms. The number of rotatable bonds is 5. The van der Waals surface area contributed by atoms with E-state index in [0.717, 1.165) is 11.3 Å². The third kappa shape index (κ3) is 4.08. The largest absolute Gasteiger partial charge is 0.449 e. The van der Waals surface area contributed by atoms with Crippen molar-refractivity contribution in [3.63, 3.8) is 0 Å². The Balaban J connectivity index is 2.10. The van der Waals surface area contributed by atoms with Crippen molar-refractivity contribution in [1.82, 2.24) is 15.2 Å². The number of hydrogen-bond acceptors (Lipinski definition) is 4. The van der Waals surface area contributed by atoms with Crippen LogP contribution in [0.3, 0.4) is 0 Å². The van der Waals surface area contributed by atoms with Gasteiger partial charge in [0, 0.05) is 0 Å². The summed E-state index contributed by atoms with van der Waals surface area (Å²) in [6.45, 7) is 4.41. The smallest absolute Gasteiger partial charge is 0.427 e. The second-order valence-corrected chi connectivity index (χ2v) is 4.88. The van der Waals surface area contributed by atoms with Gasteiger partial charge in [0.2, 0.25) is 0 Å². The molecule has 0 fully saturated rings. The highest BCUT2D eigenvalue weighted by Crippen LogP contribution is 2.19. The number of hydrogen-bond donors (Lipinski definition) is 1. The van der Waals surface area contributed by atoms with Crippen molar-refractivity contribution in [2.24, 2.45) is 5.10 Å². The maximum Gasteiger partial charge on any atom is 0.427 e. The van der Waals surface area contributed by atoms with Crippen LogP contribution in [0.4, 0.5) is 4.79 Å². The topological polar surface area (TPSA) is 68.5 Å². The molecule has 0 aliphatic heterocycles. The van der Waals surface area contributed by atoms with Crippen LogP contribution in [0, 0.1) is 6.92 Å². The molecule has 2 aromatic rings. The molecule has 2 rings (SSSR count). The molecule has 1 heterocycles. The van der Waals surface area contributed by atoms with E-state index in [1.807, 2.05) is 37.3 Å². The molecule has 0 radical (unpaired) electrons. The summed E-state index contributed by atoms with van der Waals surface area (Å²) in [5, 5.41) is 8.67. The summed E-state index contributed by atoms with van der Waals surface area (Å²) >= 11 is 6.32. The number of carbonyl (C=O) groups excluding carboxylic acids is 1. The van der Waals surface area contributed by atoms with Crippen molar-refractivity contribution >= 4 is 23.9 Å². The first kappa shape index (κ1) is 16.0. The van der Waals surface area contributed by atoms with Crippen molar-refractivity contribution in [1.29, 1.82) is 0 Å². The fourth-order valence-electron chi connectivity index (χ4n) is 1.89. The normalized spacial score (nSPS) is 10.9. The highest BCUT2D eigenvalue weighted by Gasteiger charge is 2.12. The first-order valence-electron chi connectivity index (χ1n) is 6.84. The zero-order valence-electron chi connectivity index (χ0n) is 12.4. The lowest BCUT2D eigenvalue weighted by atomic mass is 10.2. The van der Waals surface area contributed by atoms with E-state index in [1.165, 1.54) is 6.21 Å². The van der Waals surface area contributed by atoms with Gasteiger partial charge in [-0.1, -0.05) is 41.9 Å². The van der Waals surface area contributed by atoms with Crippen LogP contribution in [0.25, 0.3) is 0 Å². The summed E-state index contributed by atoms with van der Waals surface area (Å²) in [7, 11) is 0. The Morgan fingerprint density at radius 2 is 2.18 bits per heavy atom. The van der Waals surface area contributed by atoms with Gasteiger partial charge in [0.1, 0.15) is 5.15 Å². The summed E-state index contributed by atoms with van der Waals surface area (Å²) < 4.78 is 6.40. The van der Waals surface area contributed by atoms with Crippen LogP contribution in [-0.2, 0) is 11.3 Å². The predicted octanol–water partition coefficient (Wildman–Crippen LogP) is 2.97. The number of carbonyl (C=O) groups is 1. The maximum absolute atomic E-state index is 11.1. The summed E-state index contributed by atoms with van der Waals surface area (Å²) in [4.78, 5) is 11.1. The van der Waals surface area contributed by atoms with Crippen LogP contribution in [0.15, 0.2) is 35.4 Å². The van der Waals surface area contributed by atoms with E-state index in [9.17, 15) is 4.79 Å². The van der Waals surface area contributed by atoms with Gasteiger partial charge in [0.25, 0.3) is 0 Å².